The summed E-state index contributed by atoms with van der Waals surface area (Å²) in [6, 6.07) is 2.11. The van der Waals surface area contributed by atoms with E-state index >= 15 is 0 Å². The number of nitrogens with zero attached hydrogens (tertiary/aromatic N) is 4. The lowest BCUT2D eigenvalue weighted by atomic mass is 9.86. The Hall–Kier alpha value is -2.26. The molecule has 3 aliphatic heterocycles. The summed E-state index contributed by atoms with van der Waals surface area (Å²) < 4.78 is 0. The second-order valence-corrected chi connectivity index (χ2v) is 7.88. The molecule has 122 valence electrons. The summed E-state index contributed by atoms with van der Waals surface area (Å²) >= 11 is 2.62. The minimum absolute atomic E-state index is 0.256. The molecule has 3 aromatic rings. The van der Waals surface area contributed by atoms with Crippen LogP contribution in [0.15, 0.2) is 11.6 Å². The van der Waals surface area contributed by atoms with E-state index in [4.69, 9.17) is 10.7 Å². The molecule has 3 aromatic heterocycles. The largest absolute Gasteiger partial charge is 0.397 e. The summed E-state index contributed by atoms with van der Waals surface area (Å²) in [4.78, 5) is 21.0. The number of hydrogen-bond donors (Lipinski definition) is 2. The lowest BCUT2D eigenvalue weighted by Crippen LogP contribution is -2.39. The van der Waals surface area contributed by atoms with Crippen LogP contribution in [-0.4, -0.2) is 34.2 Å². The Morgan fingerprint density at radius 1 is 1.38 bits per heavy atom. The molecule has 3 N–H and O–H groups in total. The van der Waals surface area contributed by atoms with Crippen LogP contribution in [-0.2, 0) is 0 Å². The van der Waals surface area contributed by atoms with E-state index in [1.807, 2.05) is 0 Å². The summed E-state index contributed by atoms with van der Waals surface area (Å²) in [5.41, 5.74) is 10.7. The summed E-state index contributed by atoms with van der Waals surface area (Å²) in [6.45, 7) is 2.17. The molecular weight excluding hydrogens is 344 g/mol. The molecule has 24 heavy (non-hydrogen) atoms. The number of nitrogens with one attached hydrogen (secondary N) is 1. The van der Waals surface area contributed by atoms with Crippen LogP contribution in [0.25, 0.3) is 10.2 Å². The van der Waals surface area contributed by atoms with Gasteiger partial charge in [-0.1, -0.05) is 11.3 Å². The van der Waals surface area contributed by atoms with Crippen molar-refractivity contribution in [2.24, 2.45) is 0 Å². The van der Waals surface area contributed by atoms with Crippen LogP contribution in [0.1, 0.15) is 34.1 Å². The second-order valence-electron chi connectivity index (χ2n) is 6.05. The molecule has 0 aromatic carbocycles. The third kappa shape index (κ3) is 2.01. The Kier molecular flexibility index (Phi) is 3.01. The van der Waals surface area contributed by atoms with Gasteiger partial charge in [0, 0.05) is 24.4 Å². The fraction of sp³-hybridized carbons (Fsp3) is 0.333. The van der Waals surface area contributed by atoms with Crippen molar-refractivity contribution in [3.8, 4) is 0 Å². The van der Waals surface area contributed by atoms with E-state index in [1.54, 1.807) is 5.51 Å². The molecule has 7 nitrogen and oxygen atoms in total. The topological polar surface area (TPSA) is 97.0 Å². The third-order valence-corrected chi connectivity index (χ3v) is 6.46. The summed E-state index contributed by atoms with van der Waals surface area (Å²) in [5.74, 6) is 0.282. The number of piperidine rings is 1. The van der Waals surface area contributed by atoms with Gasteiger partial charge in [-0.05, 0) is 18.9 Å². The highest BCUT2D eigenvalue weighted by atomic mass is 32.1. The molecule has 1 fully saturated rings. The number of nitrogen functional groups attached to an aromatic ring is 1. The van der Waals surface area contributed by atoms with Gasteiger partial charge >= 0.3 is 0 Å². The molecule has 0 aliphatic carbocycles. The van der Waals surface area contributed by atoms with Crippen LogP contribution in [0.4, 0.5) is 16.5 Å². The molecule has 0 spiro atoms. The van der Waals surface area contributed by atoms with Gasteiger partial charge in [-0.15, -0.1) is 21.5 Å². The van der Waals surface area contributed by atoms with Gasteiger partial charge in [0.25, 0.3) is 5.91 Å². The van der Waals surface area contributed by atoms with Crippen LogP contribution in [0.3, 0.4) is 0 Å². The molecule has 6 heterocycles. The Morgan fingerprint density at radius 3 is 2.96 bits per heavy atom. The van der Waals surface area contributed by atoms with Gasteiger partial charge in [-0.3, -0.25) is 10.1 Å². The van der Waals surface area contributed by atoms with E-state index < -0.39 is 0 Å². The quantitative estimate of drug-likeness (QED) is 0.731. The Bertz CT molecular complexity index is 943. The molecule has 0 saturated carbocycles. The zero-order chi connectivity index (χ0) is 16.3. The van der Waals surface area contributed by atoms with Crippen LogP contribution >= 0.6 is 22.7 Å². The highest BCUT2D eigenvalue weighted by molar-refractivity contribution is 7.21. The van der Waals surface area contributed by atoms with Crippen molar-refractivity contribution in [2.45, 2.75) is 18.8 Å². The summed E-state index contributed by atoms with van der Waals surface area (Å²) in [6.07, 6.45) is 2.33. The first kappa shape index (κ1) is 14.1. The molecule has 6 rings (SSSR count). The van der Waals surface area contributed by atoms with E-state index in [0.29, 0.717) is 21.6 Å². The van der Waals surface area contributed by atoms with Crippen molar-refractivity contribution in [2.75, 3.05) is 29.0 Å². The Balaban J connectivity index is 1.59. The number of fused-ring (bicyclic) bond motifs is 3. The fourth-order valence-electron chi connectivity index (χ4n) is 3.54. The molecule has 1 amide bonds. The number of amides is 1. The van der Waals surface area contributed by atoms with Crippen LogP contribution in [0.2, 0.25) is 0 Å². The fourth-order valence-corrected chi connectivity index (χ4v) is 4.96. The van der Waals surface area contributed by atoms with Gasteiger partial charge < -0.3 is 10.6 Å². The van der Waals surface area contributed by atoms with Gasteiger partial charge in [-0.2, -0.15) is 0 Å². The summed E-state index contributed by atoms with van der Waals surface area (Å²) in [5, 5.41) is 11.6. The Labute approximate surface area is 145 Å². The van der Waals surface area contributed by atoms with Gasteiger partial charge in [0.05, 0.1) is 17.1 Å². The van der Waals surface area contributed by atoms with E-state index in [2.05, 4.69) is 26.5 Å². The normalized spacial score (nSPS) is 16.6. The lowest BCUT2D eigenvalue weighted by molar-refractivity contribution is 0.103. The number of hydrogen-bond acceptors (Lipinski definition) is 8. The minimum Gasteiger partial charge on any atom is -0.397 e. The van der Waals surface area contributed by atoms with Crippen LogP contribution < -0.4 is 16.0 Å². The van der Waals surface area contributed by atoms with Crippen molar-refractivity contribution >= 4 is 55.3 Å². The average molecular weight is 358 g/mol. The second kappa shape index (κ2) is 5.12. The van der Waals surface area contributed by atoms with E-state index in [0.717, 1.165) is 41.8 Å². The molecule has 1 saturated heterocycles. The predicted molar refractivity (Wildman–Crippen MR) is 96.1 cm³/mol. The molecule has 0 atom stereocenters. The SMILES string of the molecule is Nc1c(C(=O)Nc2nncs2)sc2nc3c(cc12)N1CCC3CC1. The van der Waals surface area contributed by atoms with Crippen molar-refractivity contribution < 1.29 is 4.79 Å². The number of carbonyl (C=O) groups is 1. The van der Waals surface area contributed by atoms with Crippen molar-refractivity contribution in [3.63, 3.8) is 0 Å². The third-order valence-electron chi connectivity index (χ3n) is 4.74. The van der Waals surface area contributed by atoms with Gasteiger partial charge in [0.15, 0.2) is 0 Å². The molecule has 9 heteroatoms. The van der Waals surface area contributed by atoms with Crippen molar-refractivity contribution in [3.05, 3.63) is 22.1 Å². The maximum absolute atomic E-state index is 12.5. The highest BCUT2D eigenvalue weighted by Gasteiger charge is 2.33. The lowest BCUT2D eigenvalue weighted by Gasteiger charge is -2.41. The first-order valence-corrected chi connectivity index (χ1v) is 9.45. The van der Waals surface area contributed by atoms with Crippen LogP contribution in [0.5, 0.6) is 0 Å². The van der Waals surface area contributed by atoms with Gasteiger partial charge in [-0.25, -0.2) is 4.98 Å². The molecule has 2 bridgehead atoms. The number of anilines is 3. The number of pyridine rings is 1. The summed E-state index contributed by atoms with van der Waals surface area (Å²) in [7, 11) is 0. The molecule has 0 unspecified atom stereocenters. The van der Waals surface area contributed by atoms with Crippen LogP contribution in [0, 0.1) is 0 Å². The monoisotopic (exact) mass is 358 g/mol. The number of thiophene rings is 1. The van der Waals surface area contributed by atoms with Gasteiger partial charge in [0.2, 0.25) is 5.13 Å². The zero-order valence-electron chi connectivity index (χ0n) is 12.7. The smallest absolute Gasteiger partial charge is 0.269 e. The standard InChI is InChI=1S/C15H14N6OS2/c16-10-8-5-9-11(7-1-3-21(9)4-2-7)18-14(8)24-12(10)13(22)19-15-20-17-6-23-15/h5-7H,1-4,16H2,(H,19,20,22). The number of rotatable bonds is 2. The highest BCUT2D eigenvalue weighted by Crippen LogP contribution is 2.45. The molecule has 3 aliphatic rings. The van der Waals surface area contributed by atoms with Gasteiger partial charge in [0.1, 0.15) is 15.2 Å². The first-order valence-electron chi connectivity index (χ1n) is 7.76. The average Bonchev–Trinajstić information content (AvgIpc) is 3.23. The minimum atomic E-state index is -0.256. The molecular formula is C15H14N6OS2. The maximum atomic E-state index is 12.5. The zero-order valence-corrected chi connectivity index (χ0v) is 14.3. The number of aromatic nitrogens is 3. The van der Waals surface area contributed by atoms with E-state index in [-0.39, 0.29) is 5.91 Å². The number of nitrogens with two attached hydrogens (primary N) is 1. The van der Waals surface area contributed by atoms with Crippen molar-refractivity contribution in [1.82, 2.24) is 15.2 Å². The first-order chi connectivity index (χ1) is 11.7. The van der Waals surface area contributed by atoms with E-state index in [1.165, 1.54) is 28.4 Å². The Morgan fingerprint density at radius 2 is 2.21 bits per heavy atom. The number of carbonyl (C=O) groups excluding carboxylic acids is 1. The predicted octanol–water partition coefficient (Wildman–Crippen LogP) is 2.68. The van der Waals surface area contributed by atoms with Crippen molar-refractivity contribution in [1.29, 1.82) is 0 Å². The molecule has 0 radical (unpaired) electrons. The van der Waals surface area contributed by atoms with E-state index in [9.17, 15) is 4.79 Å². The maximum Gasteiger partial charge on any atom is 0.269 e.